The zero-order chi connectivity index (χ0) is 14.0. The first-order chi connectivity index (χ1) is 8.45. The molecule has 0 bridgehead atoms. The molecule has 0 atom stereocenters. The van der Waals surface area contributed by atoms with Crippen LogP contribution in [0.5, 0.6) is 0 Å². The molecule has 0 aliphatic heterocycles. The molecule has 0 aromatic carbocycles. The fourth-order valence-electron chi connectivity index (χ4n) is 1.83. The second-order valence-corrected chi connectivity index (χ2v) is 6.17. The van der Waals surface area contributed by atoms with E-state index in [4.69, 9.17) is 0 Å². The summed E-state index contributed by atoms with van der Waals surface area (Å²) in [5, 5.41) is 3.36. The Kier molecular flexibility index (Phi) is 10.4. The van der Waals surface area contributed by atoms with Gasteiger partial charge in [0.1, 0.15) is 0 Å². The lowest BCUT2D eigenvalue weighted by atomic mass is 10.1. The summed E-state index contributed by atoms with van der Waals surface area (Å²) in [6.45, 7) is 21.0. The normalized spacial score (nSPS) is 11.8. The SMILES string of the molecule is C=C(CNCC)CN(CCC(C)C)CCC(C)C. The van der Waals surface area contributed by atoms with Crippen LogP contribution in [0.3, 0.4) is 0 Å². The molecule has 0 aromatic rings. The molecule has 0 aliphatic carbocycles. The molecule has 0 heterocycles. The van der Waals surface area contributed by atoms with E-state index < -0.39 is 0 Å². The number of hydrogen-bond donors (Lipinski definition) is 1. The quantitative estimate of drug-likeness (QED) is 0.567. The molecule has 0 rings (SSSR count). The lowest BCUT2D eigenvalue weighted by Crippen LogP contribution is -2.32. The lowest BCUT2D eigenvalue weighted by Gasteiger charge is -2.25. The highest BCUT2D eigenvalue weighted by Gasteiger charge is 2.08. The van der Waals surface area contributed by atoms with E-state index in [1.54, 1.807) is 0 Å². The summed E-state index contributed by atoms with van der Waals surface area (Å²) < 4.78 is 0. The molecule has 1 N–H and O–H groups in total. The van der Waals surface area contributed by atoms with Crippen molar-refractivity contribution in [3.63, 3.8) is 0 Å². The van der Waals surface area contributed by atoms with E-state index in [-0.39, 0.29) is 0 Å². The third-order valence-corrected chi connectivity index (χ3v) is 3.12. The minimum absolute atomic E-state index is 0.786. The van der Waals surface area contributed by atoms with E-state index in [1.165, 1.54) is 31.5 Å². The Bertz CT molecular complexity index is 197. The van der Waals surface area contributed by atoms with Gasteiger partial charge in [-0.1, -0.05) is 41.2 Å². The van der Waals surface area contributed by atoms with Crippen LogP contribution in [0.15, 0.2) is 12.2 Å². The van der Waals surface area contributed by atoms with Crippen molar-refractivity contribution in [3.8, 4) is 0 Å². The first kappa shape index (κ1) is 17.7. The molecule has 0 aliphatic rings. The smallest absolute Gasteiger partial charge is 0.0202 e. The molecule has 18 heavy (non-hydrogen) atoms. The van der Waals surface area contributed by atoms with Gasteiger partial charge in [0.05, 0.1) is 0 Å². The number of rotatable bonds is 11. The largest absolute Gasteiger partial charge is 0.313 e. The van der Waals surface area contributed by atoms with Crippen LogP contribution in [-0.4, -0.2) is 37.6 Å². The number of likely N-dealkylation sites (N-methyl/N-ethyl adjacent to an activating group) is 1. The van der Waals surface area contributed by atoms with Gasteiger partial charge in [0.25, 0.3) is 0 Å². The number of nitrogens with zero attached hydrogens (tertiary/aromatic N) is 1. The summed E-state index contributed by atoms with van der Waals surface area (Å²) in [7, 11) is 0. The van der Waals surface area contributed by atoms with Gasteiger partial charge in [0.2, 0.25) is 0 Å². The van der Waals surface area contributed by atoms with Crippen LogP contribution in [0.2, 0.25) is 0 Å². The highest BCUT2D eigenvalue weighted by Crippen LogP contribution is 2.08. The van der Waals surface area contributed by atoms with Crippen molar-refractivity contribution in [3.05, 3.63) is 12.2 Å². The Morgan fingerprint density at radius 2 is 1.56 bits per heavy atom. The van der Waals surface area contributed by atoms with Crippen molar-refractivity contribution in [1.82, 2.24) is 10.2 Å². The summed E-state index contributed by atoms with van der Waals surface area (Å²) in [5.74, 6) is 1.57. The van der Waals surface area contributed by atoms with Gasteiger partial charge in [-0.05, 0) is 49.9 Å². The minimum Gasteiger partial charge on any atom is -0.313 e. The summed E-state index contributed by atoms with van der Waals surface area (Å²) >= 11 is 0. The fraction of sp³-hybridized carbons (Fsp3) is 0.875. The van der Waals surface area contributed by atoms with Crippen LogP contribution in [-0.2, 0) is 0 Å². The van der Waals surface area contributed by atoms with E-state index in [0.717, 1.165) is 31.5 Å². The maximum Gasteiger partial charge on any atom is 0.0202 e. The second-order valence-electron chi connectivity index (χ2n) is 6.17. The Morgan fingerprint density at radius 1 is 1.06 bits per heavy atom. The van der Waals surface area contributed by atoms with Crippen LogP contribution < -0.4 is 5.32 Å². The van der Waals surface area contributed by atoms with Gasteiger partial charge in [-0.2, -0.15) is 0 Å². The van der Waals surface area contributed by atoms with E-state index in [1.807, 2.05) is 0 Å². The molecule has 2 heteroatoms. The highest BCUT2D eigenvalue weighted by molar-refractivity contribution is 4.99. The van der Waals surface area contributed by atoms with E-state index in [0.29, 0.717) is 0 Å². The number of nitrogens with one attached hydrogen (secondary N) is 1. The summed E-state index contributed by atoms with van der Waals surface area (Å²) in [4.78, 5) is 2.57. The Morgan fingerprint density at radius 3 is 1.94 bits per heavy atom. The van der Waals surface area contributed by atoms with Crippen molar-refractivity contribution >= 4 is 0 Å². The topological polar surface area (TPSA) is 15.3 Å². The summed E-state index contributed by atoms with van der Waals surface area (Å²) in [6.07, 6.45) is 2.57. The third kappa shape index (κ3) is 10.8. The van der Waals surface area contributed by atoms with Crippen molar-refractivity contribution in [1.29, 1.82) is 0 Å². The third-order valence-electron chi connectivity index (χ3n) is 3.12. The van der Waals surface area contributed by atoms with Crippen molar-refractivity contribution in [2.45, 2.75) is 47.5 Å². The molecule has 0 saturated carbocycles. The first-order valence-electron chi connectivity index (χ1n) is 7.55. The number of hydrogen-bond acceptors (Lipinski definition) is 2. The molecular weight excluding hydrogens is 220 g/mol. The van der Waals surface area contributed by atoms with Gasteiger partial charge in [-0.3, -0.25) is 4.90 Å². The predicted molar refractivity (Wildman–Crippen MR) is 83.0 cm³/mol. The first-order valence-corrected chi connectivity index (χ1v) is 7.55. The monoisotopic (exact) mass is 254 g/mol. The van der Waals surface area contributed by atoms with Crippen LogP contribution in [0.25, 0.3) is 0 Å². The van der Waals surface area contributed by atoms with Crippen molar-refractivity contribution in [2.24, 2.45) is 11.8 Å². The summed E-state index contributed by atoms with van der Waals surface area (Å²) in [6, 6.07) is 0. The molecule has 0 spiro atoms. The maximum atomic E-state index is 4.18. The zero-order valence-electron chi connectivity index (χ0n) is 13.3. The molecule has 2 nitrogen and oxygen atoms in total. The lowest BCUT2D eigenvalue weighted by molar-refractivity contribution is 0.260. The molecule has 0 saturated heterocycles. The molecule has 108 valence electrons. The molecule has 0 amide bonds. The van der Waals surface area contributed by atoms with Crippen molar-refractivity contribution in [2.75, 3.05) is 32.7 Å². The van der Waals surface area contributed by atoms with E-state index >= 15 is 0 Å². The molecular formula is C16H34N2. The van der Waals surface area contributed by atoms with Gasteiger partial charge in [0.15, 0.2) is 0 Å². The molecule has 0 radical (unpaired) electrons. The average molecular weight is 254 g/mol. The Hall–Kier alpha value is -0.340. The van der Waals surface area contributed by atoms with E-state index in [9.17, 15) is 0 Å². The van der Waals surface area contributed by atoms with Crippen LogP contribution in [0.4, 0.5) is 0 Å². The van der Waals surface area contributed by atoms with Crippen molar-refractivity contribution < 1.29 is 0 Å². The van der Waals surface area contributed by atoms with Crippen LogP contribution >= 0.6 is 0 Å². The second kappa shape index (κ2) is 10.6. The van der Waals surface area contributed by atoms with Gasteiger partial charge in [-0.25, -0.2) is 0 Å². The molecule has 0 fully saturated rings. The molecule has 0 unspecified atom stereocenters. The Balaban J connectivity index is 4.05. The summed E-state index contributed by atoms with van der Waals surface area (Å²) in [5.41, 5.74) is 1.31. The predicted octanol–water partition coefficient (Wildman–Crippen LogP) is 3.55. The van der Waals surface area contributed by atoms with Gasteiger partial charge < -0.3 is 5.32 Å². The maximum absolute atomic E-state index is 4.18. The van der Waals surface area contributed by atoms with Gasteiger partial charge in [-0.15, -0.1) is 0 Å². The fourth-order valence-corrected chi connectivity index (χ4v) is 1.83. The minimum atomic E-state index is 0.786. The Labute approximate surface area is 115 Å². The van der Waals surface area contributed by atoms with Crippen LogP contribution in [0, 0.1) is 11.8 Å². The highest BCUT2D eigenvalue weighted by atomic mass is 15.1. The van der Waals surface area contributed by atoms with Crippen LogP contribution in [0.1, 0.15) is 47.5 Å². The zero-order valence-corrected chi connectivity index (χ0v) is 13.3. The molecule has 0 aromatic heterocycles. The standard InChI is InChI=1S/C16H34N2/c1-7-17-12-16(6)13-18(10-8-14(2)3)11-9-15(4)5/h14-15,17H,6-13H2,1-5H3. The van der Waals surface area contributed by atoms with Gasteiger partial charge >= 0.3 is 0 Å². The van der Waals surface area contributed by atoms with Gasteiger partial charge in [0, 0.05) is 13.1 Å². The van der Waals surface area contributed by atoms with E-state index in [2.05, 4.69) is 51.4 Å². The average Bonchev–Trinajstić information content (AvgIpc) is 2.29.